The first-order valence-corrected chi connectivity index (χ1v) is 9.23. The van der Waals surface area contributed by atoms with Crippen LogP contribution < -0.4 is 20.5 Å². The van der Waals surface area contributed by atoms with E-state index in [0.29, 0.717) is 13.0 Å². The van der Waals surface area contributed by atoms with Gasteiger partial charge in [-0.1, -0.05) is 18.2 Å². The average molecular weight is 370 g/mol. The fourth-order valence-corrected chi connectivity index (χ4v) is 3.48. The molecule has 2 aromatic rings. The van der Waals surface area contributed by atoms with E-state index in [4.69, 9.17) is 4.74 Å². The molecule has 7 nitrogen and oxygen atoms in total. The van der Waals surface area contributed by atoms with E-state index in [1.165, 1.54) is 4.68 Å². The van der Waals surface area contributed by atoms with Gasteiger partial charge >= 0.3 is 0 Å². The molecule has 1 saturated heterocycles. The fraction of sp³-hybridized carbons (Fsp3) is 0.450. The van der Waals surface area contributed by atoms with Crippen LogP contribution in [0.15, 0.2) is 41.3 Å². The zero-order valence-corrected chi connectivity index (χ0v) is 15.9. The highest BCUT2D eigenvalue weighted by atomic mass is 16.5. The summed E-state index contributed by atoms with van der Waals surface area (Å²) in [6, 6.07) is 9.29. The Kier molecular flexibility index (Phi) is 6.11. The van der Waals surface area contributed by atoms with Crippen molar-refractivity contribution in [2.75, 3.05) is 25.1 Å². The number of amides is 1. The molecule has 0 radical (unpaired) electrons. The summed E-state index contributed by atoms with van der Waals surface area (Å²) >= 11 is 0. The summed E-state index contributed by atoms with van der Waals surface area (Å²) in [7, 11) is 3.26. The van der Waals surface area contributed by atoms with Gasteiger partial charge in [-0.2, -0.15) is 5.10 Å². The number of piperidine rings is 1. The second-order valence-electron chi connectivity index (χ2n) is 6.92. The SMILES string of the molecule is COc1ccccc1CNC(=O)CC1CCCN(c2cnn(C)c(=O)c2)C1. The van der Waals surface area contributed by atoms with Crippen molar-refractivity contribution in [2.24, 2.45) is 13.0 Å². The Morgan fingerprint density at radius 3 is 2.96 bits per heavy atom. The molecule has 0 saturated carbocycles. The molecule has 27 heavy (non-hydrogen) atoms. The molecule has 1 aliphatic rings. The lowest BCUT2D eigenvalue weighted by Gasteiger charge is -2.33. The molecule has 3 rings (SSSR count). The number of hydrogen-bond donors (Lipinski definition) is 1. The number of para-hydroxylation sites is 1. The number of aromatic nitrogens is 2. The van der Waals surface area contributed by atoms with Crippen molar-refractivity contribution >= 4 is 11.6 Å². The van der Waals surface area contributed by atoms with Crippen LogP contribution >= 0.6 is 0 Å². The second kappa shape index (κ2) is 8.70. The zero-order valence-electron chi connectivity index (χ0n) is 15.9. The third kappa shape index (κ3) is 4.87. The topological polar surface area (TPSA) is 76.5 Å². The van der Waals surface area contributed by atoms with Gasteiger partial charge in [0.15, 0.2) is 0 Å². The normalized spacial score (nSPS) is 16.8. The minimum atomic E-state index is -0.121. The van der Waals surface area contributed by atoms with E-state index in [1.54, 1.807) is 26.4 Å². The van der Waals surface area contributed by atoms with Crippen molar-refractivity contribution in [3.8, 4) is 5.75 Å². The number of nitrogens with one attached hydrogen (secondary N) is 1. The molecule has 1 unspecified atom stereocenters. The van der Waals surface area contributed by atoms with Crippen molar-refractivity contribution in [1.82, 2.24) is 15.1 Å². The summed E-state index contributed by atoms with van der Waals surface area (Å²) in [4.78, 5) is 26.4. The number of anilines is 1. The monoisotopic (exact) mass is 370 g/mol. The maximum atomic E-state index is 12.4. The van der Waals surface area contributed by atoms with Gasteiger partial charge in [-0.25, -0.2) is 4.68 Å². The van der Waals surface area contributed by atoms with Gasteiger partial charge < -0.3 is 15.0 Å². The Balaban J connectivity index is 1.54. The lowest BCUT2D eigenvalue weighted by Crippen LogP contribution is -2.38. The highest BCUT2D eigenvalue weighted by Gasteiger charge is 2.23. The van der Waals surface area contributed by atoms with Gasteiger partial charge in [-0.3, -0.25) is 9.59 Å². The summed E-state index contributed by atoms with van der Waals surface area (Å²) in [5, 5.41) is 7.08. The highest BCUT2D eigenvalue weighted by Crippen LogP contribution is 2.24. The van der Waals surface area contributed by atoms with Crippen LogP contribution in [0.3, 0.4) is 0 Å². The van der Waals surface area contributed by atoms with Crippen molar-refractivity contribution < 1.29 is 9.53 Å². The molecule has 1 N–H and O–H groups in total. The van der Waals surface area contributed by atoms with E-state index in [2.05, 4.69) is 15.3 Å². The van der Waals surface area contributed by atoms with Crippen molar-refractivity contribution in [1.29, 1.82) is 0 Å². The number of ether oxygens (including phenoxy) is 1. The molecule has 0 bridgehead atoms. The van der Waals surface area contributed by atoms with Crippen LogP contribution in [0.25, 0.3) is 0 Å². The molecule has 0 aliphatic carbocycles. The number of nitrogens with zero attached hydrogens (tertiary/aromatic N) is 3. The summed E-state index contributed by atoms with van der Waals surface area (Å²) in [6.07, 6.45) is 4.20. The fourth-order valence-electron chi connectivity index (χ4n) is 3.48. The molecule has 1 amide bonds. The predicted molar refractivity (Wildman–Crippen MR) is 104 cm³/mol. The number of carbonyl (C=O) groups is 1. The standard InChI is InChI=1S/C20H26N4O3/c1-23-20(26)11-17(13-22-23)24-9-5-6-15(14-24)10-19(25)21-12-16-7-3-4-8-18(16)27-2/h3-4,7-8,11,13,15H,5-6,9-10,12,14H2,1-2H3,(H,21,25). The van der Waals surface area contributed by atoms with Gasteiger partial charge in [0.05, 0.1) is 19.0 Å². The van der Waals surface area contributed by atoms with Gasteiger partial charge in [0, 0.05) is 44.7 Å². The number of hydrogen-bond acceptors (Lipinski definition) is 5. The highest BCUT2D eigenvalue weighted by molar-refractivity contribution is 5.76. The molecule has 1 aromatic heterocycles. The van der Waals surface area contributed by atoms with Crippen molar-refractivity contribution in [2.45, 2.75) is 25.8 Å². The summed E-state index contributed by atoms with van der Waals surface area (Å²) in [5.41, 5.74) is 1.67. The van der Waals surface area contributed by atoms with E-state index in [0.717, 1.165) is 42.9 Å². The molecule has 2 heterocycles. The maximum absolute atomic E-state index is 12.4. The summed E-state index contributed by atoms with van der Waals surface area (Å²) in [6.45, 7) is 2.10. The number of carbonyl (C=O) groups excluding carboxylic acids is 1. The van der Waals surface area contributed by atoms with Crippen LogP contribution in [-0.4, -0.2) is 35.9 Å². The minimum Gasteiger partial charge on any atom is -0.496 e. The van der Waals surface area contributed by atoms with Gasteiger partial charge in [0.25, 0.3) is 5.56 Å². The number of rotatable bonds is 6. The Bertz CT molecular complexity index is 849. The van der Waals surface area contributed by atoms with E-state index in [9.17, 15) is 9.59 Å². The van der Waals surface area contributed by atoms with Crippen LogP contribution in [0.1, 0.15) is 24.8 Å². The number of benzene rings is 1. The van der Waals surface area contributed by atoms with Gasteiger partial charge in [-0.05, 0) is 24.8 Å². The first-order valence-electron chi connectivity index (χ1n) is 9.23. The maximum Gasteiger partial charge on any atom is 0.268 e. The first-order chi connectivity index (χ1) is 13.1. The molecular formula is C20H26N4O3. The lowest BCUT2D eigenvalue weighted by molar-refractivity contribution is -0.122. The largest absolute Gasteiger partial charge is 0.496 e. The molecule has 1 aromatic carbocycles. The van der Waals surface area contributed by atoms with Crippen LogP contribution in [0.5, 0.6) is 5.75 Å². The van der Waals surface area contributed by atoms with Crippen molar-refractivity contribution in [3.63, 3.8) is 0 Å². The smallest absolute Gasteiger partial charge is 0.268 e. The van der Waals surface area contributed by atoms with Crippen LogP contribution in [0.4, 0.5) is 5.69 Å². The second-order valence-corrected chi connectivity index (χ2v) is 6.92. The van der Waals surface area contributed by atoms with E-state index in [-0.39, 0.29) is 17.4 Å². The molecule has 7 heteroatoms. The summed E-state index contributed by atoms with van der Waals surface area (Å²) in [5.74, 6) is 1.08. The van der Waals surface area contributed by atoms with Crippen LogP contribution in [0, 0.1) is 5.92 Å². The van der Waals surface area contributed by atoms with Gasteiger partial charge in [-0.15, -0.1) is 0 Å². The van der Waals surface area contributed by atoms with Gasteiger partial charge in [0.1, 0.15) is 5.75 Å². The lowest BCUT2D eigenvalue weighted by atomic mass is 9.94. The first kappa shape index (κ1) is 18.9. The minimum absolute atomic E-state index is 0.0369. The third-order valence-electron chi connectivity index (χ3n) is 4.98. The molecule has 1 fully saturated rings. The summed E-state index contributed by atoms with van der Waals surface area (Å²) < 4.78 is 6.63. The van der Waals surface area contributed by atoms with E-state index >= 15 is 0 Å². The number of aryl methyl sites for hydroxylation is 1. The molecule has 1 atom stereocenters. The molecule has 0 spiro atoms. The zero-order chi connectivity index (χ0) is 19.2. The van der Waals surface area contributed by atoms with Gasteiger partial charge in [0.2, 0.25) is 5.91 Å². The quantitative estimate of drug-likeness (QED) is 0.838. The van der Waals surface area contributed by atoms with Crippen LogP contribution in [0.2, 0.25) is 0 Å². The Morgan fingerprint density at radius 2 is 2.19 bits per heavy atom. The number of methoxy groups -OCH3 is 1. The molecule has 1 aliphatic heterocycles. The molecular weight excluding hydrogens is 344 g/mol. The Labute approximate surface area is 158 Å². The van der Waals surface area contributed by atoms with Crippen molar-refractivity contribution in [3.05, 3.63) is 52.4 Å². The molecule has 144 valence electrons. The predicted octanol–water partition coefficient (Wildman–Crippen LogP) is 1.71. The third-order valence-corrected chi connectivity index (χ3v) is 4.98. The Morgan fingerprint density at radius 1 is 1.37 bits per heavy atom. The van der Waals surface area contributed by atoms with E-state index in [1.807, 2.05) is 24.3 Å². The average Bonchev–Trinajstić information content (AvgIpc) is 2.69. The van der Waals surface area contributed by atoms with E-state index < -0.39 is 0 Å². The Hall–Kier alpha value is -2.83. The van der Waals surface area contributed by atoms with Crippen LogP contribution in [-0.2, 0) is 18.4 Å².